The molecule has 0 saturated carbocycles. The molecule has 2 amide bonds. The summed E-state index contributed by atoms with van der Waals surface area (Å²) < 4.78 is 34.7. The smallest absolute Gasteiger partial charge is 0.319 e. The number of aryl methyl sites for hydroxylation is 1. The summed E-state index contributed by atoms with van der Waals surface area (Å²) in [6.07, 6.45) is 3.31. The molecule has 1 aliphatic rings. The van der Waals surface area contributed by atoms with Crippen LogP contribution in [0.4, 0.5) is 10.5 Å². The van der Waals surface area contributed by atoms with Crippen molar-refractivity contribution in [1.82, 2.24) is 19.4 Å². The molecule has 0 bridgehead atoms. The van der Waals surface area contributed by atoms with Crippen molar-refractivity contribution in [3.05, 3.63) is 48.2 Å². The fourth-order valence-corrected chi connectivity index (χ4v) is 5.68. The lowest BCUT2D eigenvalue weighted by Gasteiger charge is -2.26. The minimum atomic E-state index is -3.62. The van der Waals surface area contributed by atoms with E-state index in [1.54, 1.807) is 6.07 Å². The van der Waals surface area contributed by atoms with Gasteiger partial charge in [0.1, 0.15) is 5.75 Å². The van der Waals surface area contributed by atoms with Crippen LogP contribution in [0.15, 0.2) is 47.4 Å². The first kappa shape index (κ1) is 23.1. The first-order chi connectivity index (χ1) is 15.9. The second kappa shape index (κ2) is 9.80. The van der Waals surface area contributed by atoms with Gasteiger partial charge in [0.15, 0.2) is 0 Å². The van der Waals surface area contributed by atoms with E-state index >= 15 is 0 Å². The van der Waals surface area contributed by atoms with Crippen molar-refractivity contribution in [3.8, 4) is 5.75 Å². The monoisotopic (exact) mass is 471 g/mol. The maximum atomic E-state index is 13.0. The molecule has 2 heterocycles. The number of ether oxygens (including phenoxy) is 1. The van der Waals surface area contributed by atoms with Crippen molar-refractivity contribution in [3.63, 3.8) is 0 Å². The number of amides is 2. The molecule has 1 aliphatic heterocycles. The number of sulfonamides is 1. The molecule has 176 valence electrons. The zero-order chi connectivity index (χ0) is 23.4. The van der Waals surface area contributed by atoms with Crippen LogP contribution in [0.3, 0.4) is 0 Å². The Bertz CT molecular complexity index is 1250. The van der Waals surface area contributed by atoms with Crippen LogP contribution in [0.5, 0.6) is 5.75 Å². The lowest BCUT2D eigenvalue weighted by Crippen LogP contribution is -2.35. The number of nitrogens with zero attached hydrogens (tertiary/aromatic N) is 3. The molecule has 4 rings (SSSR count). The topological polar surface area (TPSA) is 106 Å². The van der Waals surface area contributed by atoms with Crippen molar-refractivity contribution in [2.45, 2.75) is 30.6 Å². The van der Waals surface area contributed by atoms with E-state index in [1.807, 2.05) is 36.0 Å². The predicted octanol–water partition coefficient (Wildman–Crippen LogP) is 3.12. The van der Waals surface area contributed by atoms with Crippen molar-refractivity contribution >= 4 is 32.6 Å². The van der Waals surface area contributed by atoms with Gasteiger partial charge in [-0.25, -0.2) is 13.2 Å². The Hall–Kier alpha value is -3.11. The van der Waals surface area contributed by atoms with E-state index in [1.165, 1.54) is 23.5 Å². The van der Waals surface area contributed by atoms with Crippen molar-refractivity contribution in [2.75, 3.05) is 32.1 Å². The van der Waals surface area contributed by atoms with E-state index < -0.39 is 16.1 Å². The Balaban J connectivity index is 1.43. The summed E-state index contributed by atoms with van der Waals surface area (Å²) in [6.45, 7) is 1.40. The average molecular weight is 472 g/mol. The number of fused-ring (bicyclic) bond motifs is 1. The lowest BCUT2D eigenvalue weighted by atomic mass is 10.2. The zero-order valence-electron chi connectivity index (χ0n) is 18.9. The number of carbonyl (C=O) groups excluding carboxylic acids is 1. The first-order valence-electron chi connectivity index (χ1n) is 11.0. The van der Waals surface area contributed by atoms with Gasteiger partial charge < -0.3 is 15.4 Å². The van der Waals surface area contributed by atoms with Crippen LogP contribution in [-0.2, 0) is 23.5 Å². The Labute approximate surface area is 193 Å². The standard InChI is InChI=1S/C23H29N5O4S/c1-27-21-9-5-4-8-18(21)19(26-27)12-13-24-23(29)25-20-16-17(10-11-22(20)32-2)33(30,31)28-14-6-3-7-15-28/h4-5,8-11,16H,3,6-7,12-15H2,1-2H3,(H2,24,25,29). The zero-order valence-corrected chi connectivity index (χ0v) is 19.7. The summed E-state index contributed by atoms with van der Waals surface area (Å²) >= 11 is 0. The van der Waals surface area contributed by atoms with Crippen LogP contribution >= 0.6 is 0 Å². The van der Waals surface area contributed by atoms with Gasteiger partial charge in [-0.2, -0.15) is 9.40 Å². The molecule has 3 aromatic rings. The molecule has 1 fully saturated rings. The highest BCUT2D eigenvalue weighted by molar-refractivity contribution is 7.89. The third-order valence-corrected chi connectivity index (χ3v) is 7.75. The van der Waals surface area contributed by atoms with E-state index in [-0.39, 0.29) is 4.90 Å². The average Bonchev–Trinajstić information content (AvgIpc) is 3.15. The Morgan fingerprint density at radius 1 is 1.12 bits per heavy atom. The van der Waals surface area contributed by atoms with E-state index in [4.69, 9.17) is 4.74 Å². The number of benzene rings is 2. The van der Waals surface area contributed by atoms with Gasteiger partial charge in [-0.05, 0) is 37.1 Å². The van der Waals surface area contributed by atoms with Crippen LogP contribution in [0.25, 0.3) is 10.9 Å². The van der Waals surface area contributed by atoms with Crippen LogP contribution < -0.4 is 15.4 Å². The fourth-order valence-electron chi connectivity index (χ4n) is 4.13. The highest BCUT2D eigenvalue weighted by Crippen LogP contribution is 2.30. The number of hydrogen-bond acceptors (Lipinski definition) is 5. The van der Waals surface area contributed by atoms with Gasteiger partial charge in [-0.15, -0.1) is 0 Å². The van der Waals surface area contributed by atoms with Gasteiger partial charge in [-0.3, -0.25) is 4.68 Å². The van der Waals surface area contributed by atoms with Gasteiger partial charge in [0, 0.05) is 38.5 Å². The number of para-hydroxylation sites is 1. The number of rotatable bonds is 7. The van der Waals surface area contributed by atoms with E-state index in [2.05, 4.69) is 15.7 Å². The van der Waals surface area contributed by atoms with Gasteiger partial charge in [0.25, 0.3) is 0 Å². The van der Waals surface area contributed by atoms with Gasteiger partial charge >= 0.3 is 6.03 Å². The Kier molecular flexibility index (Phi) is 6.85. The maximum absolute atomic E-state index is 13.0. The number of hydrogen-bond donors (Lipinski definition) is 2. The first-order valence-corrected chi connectivity index (χ1v) is 12.5. The van der Waals surface area contributed by atoms with Crippen LogP contribution in [0.1, 0.15) is 25.0 Å². The highest BCUT2D eigenvalue weighted by atomic mass is 32.2. The highest BCUT2D eigenvalue weighted by Gasteiger charge is 2.27. The molecular weight excluding hydrogens is 442 g/mol. The molecular formula is C23H29N5O4S. The number of anilines is 1. The number of aromatic nitrogens is 2. The maximum Gasteiger partial charge on any atom is 0.319 e. The molecule has 9 nitrogen and oxygen atoms in total. The molecule has 0 radical (unpaired) electrons. The summed E-state index contributed by atoms with van der Waals surface area (Å²) in [4.78, 5) is 12.7. The van der Waals surface area contributed by atoms with Gasteiger partial charge in [0.2, 0.25) is 10.0 Å². The quantitative estimate of drug-likeness (QED) is 0.551. The molecule has 1 aromatic heterocycles. The largest absolute Gasteiger partial charge is 0.495 e. The van der Waals surface area contributed by atoms with Crippen molar-refractivity contribution in [1.29, 1.82) is 0 Å². The molecule has 0 unspecified atom stereocenters. The Morgan fingerprint density at radius 3 is 2.64 bits per heavy atom. The number of methoxy groups -OCH3 is 1. The van der Waals surface area contributed by atoms with Crippen LogP contribution in [0.2, 0.25) is 0 Å². The minimum absolute atomic E-state index is 0.139. The van der Waals surface area contributed by atoms with E-state index in [0.29, 0.717) is 37.5 Å². The van der Waals surface area contributed by atoms with Crippen LogP contribution in [0, 0.1) is 0 Å². The van der Waals surface area contributed by atoms with Gasteiger partial charge in [-0.1, -0.05) is 24.6 Å². The van der Waals surface area contributed by atoms with E-state index in [9.17, 15) is 13.2 Å². The molecule has 0 atom stereocenters. The summed E-state index contributed by atoms with van der Waals surface area (Å²) in [7, 11) is -0.254. The molecule has 2 N–H and O–H groups in total. The second-order valence-electron chi connectivity index (χ2n) is 8.05. The Morgan fingerprint density at radius 2 is 1.88 bits per heavy atom. The third-order valence-electron chi connectivity index (χ3n) is 5.85. The van der Waals surface area contributed by atoms with Crippen molar-refractivity contribution < 1.29 is 17.9 Å². The molecule has 1 saturated heterocycles. The summed E-state index contributed by atoms with van der Waals surface area (Å²) in [5.74, 6) is 0.387. The van der Waals surface area contributed by atoms with E-state index in [0.717, 1.165) is 35.9 Å². The van der Waals surface area contributed by atoms with Crippen molar-refractivity contribution in [2.24, 2.45) is 7.05 Å². The number of urea groups is 1. The molecule has 0 aliphatic carbocycles. The third kappa shape index (κ3) is 4.96. The normalized spacial score (nSPS) is 14.8. The number of carbonyl (C=O) groups is 1. The predicted molar refractivity (Wildman–Crippen MR) is 127 cm³/mol. The van der Waals surface area contributed by atoms with Gasteiger partial charge in [0.05, 0.1) is 28.9 Å². The lowest BCUT2D eigenvalue weighted by molar-refractivity contribution is 0.252. The molecule has 10 heteroatoms. The second-order valence-corrected chi connectivity index (χ2v) is 9.98. The SMILES string of the molecule is COc1ccc(S(=O)(=O)N2CCCCC2)cc1NC(=O)NCCc1nn(C)c2ccccc12. The summed E-state index contributed by atoms with van der Waals surface area (Å²) in [6, 6.07) is 12.0. The van der Waals surface area contributed by atoms with Crippen LogP contribution in [-0.4, -0.2) is 55.3 Å². The minimum Gasteiger partial charge on any atom is -0.495 e. The summed E-state index contributed by atoms with van der Waals surface area (Å²) in [5, 5.41) is 11.1. The summed E-state index contributed by atoms with van der Waals surface area (Å²) in [5.41, 5.74) is 2.24. The molecule has 2 aromatic carbocycles. The fraction of sp³-hybridized carbons (Fsp3) is 0.391. The number of piperidine rings is 1. The molecule has 33 heavy (non-hydrogen) atoms. The molecule has 0 spiro atoms. The number of nitrogens with one attached hydrogen (secondary N) is 2.